The zero-order chi connectivity index (χ0) is 16.9. The van der Waals surface area contributed by atoms with E-state index >= 15 is 0 Å². The summed E-state index contributed by atoms with van der Waals surface area (Å²) in [5, 5.41) is 6.17. The molecule has 24 heavy (non-hydrogen) atoms. The minimum atomic E-state index is -0.462. The fraction of sp³-hybridized carbons (Fsp3) is 0.222. The molecule has 1 unspecified atom stereocenters. The third-order valence-corrected chi connectivity index (χ3v) is 3.85. The van der Waals surface area contributed by atoms with Crippen LogP contribution in [0.4, 0.5) is 11.4 Å². The first-order valence-electron chi connectivity index (χ1n) is 7.77. The van der Waals surface area contributed by atoms with E-state index in [-0.39, 0.29) is 11.9 Å². The van der Waals surface area contributed by atoms with Gasteiger partial charge in [0.15, 0.2) is 0 Å². The normalized spacial score (nSPS) is 16.6. The lowest BCUT2D eigenvalue weighted by molar-refractivity contribution is 0.0929. The molecule has 0 saturated carbocycles. The minimum Gasteiger partial charge on any atom is -0.379 e. The predicted octanol–water partition coefficient (Wildman–Crippen LogP) is 2.05. The van der Waals surface area contributed by atoms with Crippen molar-refractivity contribution in [2.45, 2.75) is 12.5 Å². The van der Waals surface area contributed by atoms with Crippen LogP contribution in [-0.2, 0) is 4.74 Å². The SMILES string of the molecule is NC(=O)c1ccc(Nc2cccc(C(=O)NC3CCOC3)c2)cc1. The monoisotopic (exact) mass is 325 g/mol. The molecule has 2 amide bonds. The number of anilines is 2. The number of nitrogens with one attached hydrogen (secondary N) is 2. The Bertz CT molecular complexity index is 737. The Labute approximate surface area is 140 Å². The van der Waals surface area contributed by atoms with Crippen LogP contribution in [-0.4, -0.2) is 31.1 Å². The van der Waals surface area contributed by atoms with Gasteiger partial charge in [-0.15, -0.1) is 0 Å². The molecule has 124 valence electrons. The first kappa shape index (κ1) is 16.0. The molecule has 1 fully saturated rings. The maximum atomic E-state index is 12.3. The van der Waals surface area contributed by atoms with Crippen molar-refractivity contribution in [3.63, 3.8) is 0 Å². The van der Waals surface area contributed by atoms with Gasteiger partial charge >= 0.3 is 0 Å². The van der Waals surface area contributed by atoms with E-state index in [0.717, 1.165) is 17.8 Å². The van der Waals surface area contributed by atoms with Crippen molar-refractivity contribution in [1.29, 1.82) is 0 Å². The lowest BCUT2D eigenvalue weighted by atomic mass is 10.1. The van der Waals surface area contributed by atoms with E-state index in [0.29, 0.717) is 24.3 Å². The molecule has 6 nitrogen and oxygen atoms in total. The van der Waals surface area contributed by atoms with Crippen LogP contribution in [0.25, 0.3) is 0 Å². The van der Waals surface area contributed by atoms with Crippen molar-refractivity contribution < 1.29 is 14.3 Å². The van der Waals surface area contributed by atoms with Gasteiger partial charge in [-0.1, -0.05) is 6.07 Å². The summed E-state index contributed by atoms with van der Waals surface area (Å²) in [7, 11) is 0. The molecule has 1 atom stereocenters. The second-order valence-electron chi connectivity index (χ2n) is 5.68. The topological polar surface area (TPSA) is 93.5 Å². The maximum Gasteiger partial charge on any atom is 0.251 e. The average Bonchev–Trinajstić information content (AvgIpc) is 3.08. The number of hydrogen-bond donors (Lipinski definition) is 3. The van der Waals surface area contributed by atoms with Gasteiger partial charge in [0.2, 0.25) is 5.91 Å². The fourth-order valence-electron chi connectivity index (χ4n) is 2.54. The summed E-state index contributed by atoms with van der Waals surface area (Å²) in [4.78, 5) is 23.4. The highest BCUT2D eigenvalue weighted by Gasteiger charge is 2.18. The third kappa shape index (κ3) is 3.91. The van der Waals surface area contributed by atoms with Crippen molar-refractivity contribution in [1.82, 2.24) is 5.32 Å². The van der Waals surface area contributed by atoms with Gasteiger partial charge in [0.25, 0.3) is 5.91 Å². The highest BCUT2D eigenvalue weighted by molar-refractivity contribution is 5.95. The van der Waals surface area contributed by atoms with Crippen molar-refractivity contribution in [2.24, 2.45) is 5.73 Å². The first-order valence-corrected chi connectivity index (χ1v) is 7.77. The van der Waals surface area contributed by atoms with Gasteiger partial charge < -0.3 is 21.1 Å². The Morgan fingerprint density at radius 3 is 2.50 bits per heavy atom. The molecule has 0 spiro atoms. The number of nitrogens with two attached hydrogens (primary N) is 1. The number of ether oxygens (including phenoxy) is 1. The Hall–Kier alpha value is -2.86. The third-order valence-electron chi connectivity index (χ3n) is 3.85. The lowest BCUT2D eigenvalue weighted by Gasteiger charge is -2.12. The second kappa shape index (κ2) is 7.14. The lowest BCUT2D eigenvalue weighted by Crippen LogP contribution is -2.34. The summed E-state index contributed by atoms with van der Waals surface area (Å²) in [6.07, 6.45) is 0.843. The number of rotatable bonds is 5. The van der Waals surface area contributed by atoms with Gasteiger partial charge in [0.05, 0.1) is 12.6 Å². The van der Waals surface area contributed by atoms with Gasteiger partial charge in [-0.2, -0.15) is 0 Å². The zero-order valence-electron chi connectivity index (χ0n) is 13.1. The summed E-state index contributed by atoms with van der Waals surface area (Å²) < 4.78 is 5.26. The standard InChI is InChI=1S/C18H19N3O3/c19-17(22)12-4-6-14(7-5-12)20-15-3-1-2-13(10-15)18(23)21-16-8-9-24-11-16/h1-7,10,16,20H,8-9,11H2,(H2,19,22)(H,21,23). The molecule has 2 aromatic carbocycles. The minimum absolute atomic E-state index is 0.0791. The van der Waals surface area contributed by atoms with E-state index in [1.807, 2.05) is 12.1 Å². The fourth-order valence-corrected chi connectivity index (χ4v) is 2.54. The van der Waals surface area contributed by atoms with Gasteiger partial charge in [-0.3, -0.25) is 9.59 Å². The van der Waals surface area contributed by atoms with Gasteiger partial charge in [0.1, 0.15) is 0 Å². The summed E-state index contributed by atoms with van der Waals surface area (Å²) in [6, 6.07) is 14.2. The van der Waals surface area contributed by atoms with Crippen LogP contribution in [0, 0.1) is 0 Å². The predicted molar refractivity (Wildman–Crippen MR) is 91.4 cm³/mol. The van der Waals surface area contributed by atoms with Gasteiger partial charge in [0, 0.05) is 29.1 Å². The quantitative estimate of drug-likeness (QED) is 0.784. The summed E-state index contributed by atoms with van der Waals surface area (Å²) in [5.41, 5.74) is 7.86. The van der Waals surface area contributed by atoms with Crippen molar-refractivity contribution >= 4 is 23.2 Å². The Morgan fingerprint density at radius 2 is 1.83 bits per heavy atom. The van der Waals surface area contributed by atoms with E-state index in [4.69, 9.17) is 10.5 Å². The molecule has 1 saturated heterocycles. The molecule has 2 aromatic rings. The summed E-state index contributed by atoms with van der Waals surface area (Å²) >= 11 is 0. The largest absolute Gasteiger partial charge is 0.379 e. The van der Waals surface area contributed by atoms with Crippen LogP contribution < -0.4 is 16.4 Å². The first-order chi connectivity index (χ1) is 11.6. The summed E-state index contributed by atoms with van der Waals surface area (Å²) in [5.74, 6) is -0.575. The molecule has 6 heteroatoms. The number of carbonyl (C=O) groups is 2. The molecule has 4 N–H and O–H groups in total. The number of hydrogen-bond acceptors (Lipinski definition) is 4. The van der Waals surface area contributed by atoms with Crippen LogP contribution in [0.1, 0.15) is 27.1 Å². The molecular weight excluding hydrogens is 306 g/mol. The molecule has 0 bridgehead atoms. The number of amides is 2. The molecule has 1 aliphatic rings. The molecule has 0 aromatic heterocycles. The zero-order valence-corrected chi connectivity index (χ0v) is 13.1. The maximum absolute atomic E-state index is 12.3. The number of primary amides is 1. The number of benzene rings is 2. The van der Waals surface area contributed by atoms with E-state index in [9.17, 15) is 9.59 Å². The van der Waals surface area contributed by atoms with E-state index in [2.05, 4.69) is 10.6 Å². The average molecular weight is 325 g/mol. The van der Waals surface area contributed by atoms with Crippen LogP contribution in [0.2, 0.25) is 0 Å². The molecule has 0 aliphatic carbocycles. The van der Waals surface area contributed by atoms with Crippen LogP contribution in [0.3, 0.4) is 0 Å². The van der Waals surface area contributed by atoms with Gasteiger partial charge in [-0.25, -0.2) is 0 Å². The molecule has 0 radical (unpaired) electrons. The van der Waals surface area contributed by atoms with Crippen LogP contribution >= 0.6 is 0 Å². The number of carbonyl (C=O) groups excluding carboxylic acids is 2. The Kier molecular flexibility index (Phi) is 4.77. The van der Waals surface area contributed by atoms with Gasteiger partial charge in [-0.05, 0) is 48.9 Å². The Morgan fingerprint density at radius 1 is 1.04 bits per heavy atom. The van der Waals surface area contributed by atoms with Crippen LogP contribution in [0.5, 0.6) is 0 Å². The molecule has 1 aliphatic heterocycles. The highest BCUT2D eigenvalue weighted by Crippen LogP contribution is 2.18. The van der Waals surface area contributed by atoms with Crippen molar-refractivity contribution in [3.05, 3.63) is 59.7 Å². The van der Waals surface area contributed by atoms with Crippen LogP contribution in [0.15, 0.2) is 48.5 Å². The van der Waals surface area contributed by atoms with E-state index in [1.165, 1.54) is 0 Å². The molecule has 3 rings (SSSR count). The Balaban J connectivity index is 1.68. The van der Waals surface area contributed by atoms with Crippen molar-refractivity contribution in [2.75, 3.05) is 18.5 Å². The van der Waals surface area contributed by atoms with Crippen molar-refractivity contribution in [3.8, 4) is 0 Å². The molecular formula is C18H19N3O3. The highest BCUT2D eigenvalue weighted by atomic mass is 16.5. The summed E-state index contributed by atoms with van der Waals surface area (Å²) in [6.45, 7) is 1.25. The van der Waals surface area contributed by atoms with E-state index in [1.54, 1.807) is 36.4 Å². The molecule has 1 heterocycles. The smallest absolute Gasteiger partial charge is 0.251 e. The van der Waals surface area contributed by atoms with E-state index < -0.39 is 5.91 Å². The second-order valence-corrected chi connectivity index (χ2v) is 5.68.